The first-order chi connectivity index (χ1) is 8.67. The van der Waals surface area contributed by atoms with Crippen LogP contribution < -0.4 is 9.47 Å². The number of halogens is 5. The molecule has 1 aromatic carbocycles. The van der Waals surface area contributed by atoms with E-state index in [1.165, 1.54) is 6.92 Å². The topological polar surface area (TPSA) is 35.5 Å². The van der Waals surface area contributed by atoms with Crippen molar-refractivity contribution in [2.24, 2.45) is 0 Å². The van der Waals surface area contributed by atoms with Gasteiger partial charge in [0.05, 0.1) is 0 Å². The molecule has 0 atom stereocenters. The lowest BCUT2D eigenvalue weighted by molar-refractivity contribution is -0.274. The molecule has 0 aliphatic rings. The maximum Gasteiger partial charge on any atom is 0.573 e. The van der Waals surface area contributed by atoms with Gasteiger partial charge in [-0.05, 0) is 13.0 Å². The van der Waals surface area contributed by atoms with E-state index < -0.39 is 30.3 Å². The Morgan fingerprint density at radius 3 is 2.42 bits per heavy atom. The van der Waals surface area contributed by atoms with Gasteiger partial charge in [-0.2, -0.15) is 8.78 Å². The number of ketones is 1. The summed E-state index contributed by atoms with van der Waals surface area (Å²) in [6, 6.07) is 2.77. The molecule has 0 radical (unpaired) electrons. The van der Waals surface area contributed by atoms with Crippen LogP contribution in [0.4, 0.5) is 22.0 Å². The summed E-state index contributed by atoms with van der Waals surface area (Å²) in [7, 11) is 0. The van der Waals surface area contributed by atoms with E-state index in [-0.39, 0.29) is 12.0 Å². The van der Waals surface area contributed by atoms with Gasteiger partial charge < -0.3 is 9.47 Å². The zero-order valence-corrected chi connectivity index (χ0v) is 9.63. The van der Waals surface area contributed by atoms with Crippen LogP contribution in [0.3, 0.4) is 0 Å². The van der Waals surface area contributed by atoms with Gasteiger partial charge in [-0.3, -0.25) is 4.79 Å². The number of alkyl halides is 5. The van der Waals surface area contributed by atoms with Gasteiger partial charge in [0, 0.05) is 18.1 Å². The fraction of sp³-hybridized carbons (Fsp3) is 0.364. The molecular weight excluding hydrogens is 275 g/mol. The van der Waals surface area contributed by atoms with Crippen LogP contribution in [0.15, 0.2) is 18.2 Å². The Labute approximate surface area is 104 Å². The van der Waals surface area contributed by atoms with Gasteiger partial charge in [-0.15, -0.1) is 13.2 Å². The zero-order chi connectivity index (χ0) is 14.6. The molecule has 0 unspecified atom stereocenters. The Balaban J connectivity index is 3.06. The third kappa shape index (κ3) is 5.54. The summed E-state index contributed by atoms with van der Waals surface area (Å²) in [6.07, 6.45) is -5.30. The molecule has 0 aliphatic heterocycles. The minimum absolute atomic E-state index is 0.0635. The third-order valence-electron chi connectivity index (χ3n) is 1.93. The first-order valence-corrected chi connectivity index (χ1v) is 5.00. The minimum atomic E-state index is -4.99. The molecule has 1 rings (SSSR count). The van der Waals surface area contributed by atoms with Crippen molar-refractivity contribution in [3.63, 3.8) is 0 Å². The van der Waals surface area contributed by atoms with Crippen LogP contribution in [0.1, 0.15) is 12.5 Å². The SMILES string of the molecule is CC(=O)Cc1ccc(OC(F)F)cc1OC(F)(F)F. The number of rotatable bonds is 5. The number of carbonyl (C=O) groups is 1. The molecule has 3 nitrogen and oxygen atoms in total. The first-order valence-electron chi connectivity index (χ1n) is 5.00. The summed E-state index contributed by atoms with van der Waals surface area (Å²) in [5, 5.41) is 0. The van der Waals surface area contributed by atoms with Crippen molar-refractivity contribution in [1.82, 2.24) is 0 Å². The molecule has 1 aromatic rings. The van der Waals surface area contributed by atoms with Gasteiger partial charge in [0.2, 0.25) is 0 Å². The highest BCUT2D eigenvalue weighted by Crippen LogP contribution is 2.31. The van der Waals surface area contributed by atoms with Gasteiger partial charge in [-0.25, -0.2) is 0 Å². The molecule has 106 valence electrons. The van der Waals surface area contributed by atoms with Gasteiger partial charge in [0.25, 0.3) is 0 Å². The molecule has 0 aliphatic carbocycles. The molecule has 0 bridgehead atoms. The van der Waals surface area contributed by atoms with Crippen molar-refractivity contribution in [2.45, 2.75) is 26.3 Å². The van der Waals surface area contributed by atoms with E-state index >= 15 is 0 Å². The molecule has 0 amide bonds. The highest BCUT2D eigenvalue weighted by atomic mass is 19.4. The van der Waals surface area contributed by atoms with Crippen molar-refractivity contribution in [2.75, 3.05) is 0 Å². The molecule has 0 fully saturated rings. The second-order valence-electron chi connectivity index (χ2n) is 3.57. The summed E-state index contributed by atoms with van der Waals surface area (Å²) in [6.45, 7) is -1.99. The lowest BCUT2D eigenvalue weighted by Gasteiger charge is -2.14. The van der Waals surface area contributed by atoms with Crippen LogP contribution in [0.25, 0.3) is 0 Å². The van der Waals surface area contributed by atoms with Crippen molar-refractivity contribution < 1.29 is 36.2 Å². The van der Waals surface area contributed by atoms with E-state index in [1.807, 2.05) is 0 Å². The van der Waals surface area contributed by atoms with Gasteiger partial charge in [0.1, 0.15) is 17.3 Å². The fourth-order valence-corrected chi connectivity index (χ4v) is 1.34. The molecule has 0 aromatic heterocycles. The maximum atomic E-state index is 12.2. The van der Waals surface area contributed by atoms with E-state index in [4.69, 9.17) is 0 Å². The lowest BCUT2D eigenvalue weighted by Crippen LogP contribution is -2.18. The van der Waals surface area contributed by atoms with Gasteiger partial charge in [-0.1, -0.05) is 6.07 Å². The fourth-order valence-electron chi connectivity index (χ4n) is 1.34. The van der Waals surface area contributed by atoms with Crippen molar-refractivity contribution in [1.29, 1.82) is 0 Å². The van der Waals surface area contributed by atoms with E-state index in [2.05, 4.69) is 9.47 Å². The van der Waals surface area contributed by atoms with E-state index in [0.29, 0.717) is 6.07 Å². The number of benzene rings is 1. The van der Waals surface area contributed by atoms with Crippen molar-refractivity contribution in [3.8, 4) is 11.5 Å². The molecule has 8 heteroatoms. The highest BCUT2D eigenvalue weighted by Gasteiger charge is 2.32. The summed E-state index contributed by atoms with van der Waals surface area (Å²) in [5.41, 5.74) is -0.0635. The van der Waals surface area contributed by atoms with E-state index in [1.54, 1.807) is 0 Å². The third-order valence-corrected chi connectivity index (χ3v) is 1.93. The monoisotopic (exact) mass is 284 g/mol. The first kappa shape index (κ1) is 15.2. The maximum absolute atomic E-state index is 12.2. The highest BCUT2D eigenvalue weighted by molar-refractivity contribution is 5.79. The van der Waals surface area contributed by atoms with E-state index in [0.717, 1.165) is 12.1 Å². The Morgan fingerprint density at radius 2 is 1.95 bits per heavy atom. The smallest absolute Gasteiger partial charge is 0.435 e. The van der Waals surface area contributed by atoms with Crippen LogP contribution in [0.2, 0.25) is 0 Å². The van der Waals surface area contributed by atoms with Crippen LogP contribution in [-0.2, 0) is 11.2 Å². The van der Waals surface area contributed by atoms with Gasteiger partial charge >= 0.3 is 13.0 Å². The summed E-state index contributed by atoms with van der Waals surface area (Å²) in [4.78, 5) is 10.9. The number of hydrogen-bond acceptors (Lipinski definition) is 3. The molecule has 0 spiro atoms. The van der Waals surface area contributed by atoms with Crippen LogP contribution in [0, 0.1) is 0 Å². The van der Waals surface area contributed by atoms with E-state index in [9.17, 15) is 26.7 Å². The molecule has 0 heterocycles. The Hall–Kier alpha value is -1.86. The molecular formula is C11H9F5O3. The summed E-state index contributed by atoms with van der Waals surface area (Å²) in [5.74, 6) is -1.61. The predicted molar refractivity (Wildman–Crippen MR) is 54.1 cm³/mol. The van der Waals surface area contributed by atoms with Crippen molar-refractivity contribution in [3.05, 3.63) is 23.8 Å². The summed E-state index contributed by atoms with van der Waals surface area (Å²) >= 11 is 0. The standard InChI is InChI=1S/C11H9F5O3/c1-6(17)4-7-2-3-8(18-10(12)13)5-9(7)19-11(14,15)16/h2-3,5,10H,4H2,1H3. The second kappa shape index (κ2) is 5.85. The Bertz CT molecular complexity index is 456. The average Bonchev–Trinajstić information content (AvgIpc) is 2.18. The number of carbonyl (C=O) groups excluding carboxylic acids is 1. The molecule has 0 saturated carbocycles. The Morgan fingerprint density at radius 1 is 1.32 bits per heavy atom. The number of ether oxygens (including phenoxy) is 2. The quantitative estimate of drug-likeness (QED) is 0.778. The molecule has 0 saturated heterocycles. The minimum Gasteiger partial charge on any atom is -0.435 e. The molecule has 19 heavy (non-hydrogen) atoms. The normalized spacial score (nSPS) is 11.5. The van der Waals surface area contributed by atoms with Crippen LogP contribution >= 0.6 is 0 Å². The largest absolute Gasteiger partial charge is 0.573 e. The zero-order valence-electron chi connectivity index (χ0n) is 9.63. The lowest BCUT2D eigenvalue weighted by atomic mass is 10.1. The summed E-state index contributed by atoms with van der Waals surface area (Å²) < 4.78 is 68.0. The average molecular weight is 284 g/mol. The van der Waals surface area contributed by atoms with Crippen LogP contribution in [-0.4, -0.2) is 18.8 Å². The molecule has 0 N–H and O–H groups in total. The second-order valence-corrected chi connectivity index (χ2v) is 3.57. The predicted octanol–water partition coefficient (Wildman–Crippen LogP) is 3.32. The van der Waals surface area contributed by atoms with Crippen molar-refractivity contribution >= 4 is 5.78 Å². The van der Waals surface area contributed by atoms with Gasteiger partial charge in [0.15, 0.2) is 0 Å². The Kier molecular flexibility index (Phi) is 4.68. The van der Waals surface area contributed by atoms with Crippen LogP contribution in [0.5, 0.6) is 11.5 Å². The number of hydrogen-bond donors (Lipinski definition) is 0. The number of Topliss-reactive ketones (excluding diaryl/α,β-unsaturated/α-hetero) is 1.